The van der Waals surface area contributed by atoms with Crippen LogP contribution in [-0.4, -0.2) is 31.2 Å². The number of nitrogens with zero attached hydrogens (tertiary/aromatic N) is 4. The topological polar surface area (TPSA) is 103 Å². The van der Waals surface area contributed by atoms with E-state index in [0.717, 1.165) is 16.2 Å². The van der Waals surface area contributed by atoms with Crippen molar-refractivity contribution in [3.05, 3.63) is 75.6 Å². The number of rotatable bonds is 6. The van der Waals surface area contributed by atoms with Gasteiger partial charge in [-0.1, -0.05) is 27.7 Å². The van der Waals surface area contributed by atoms with E-state index in [4.69, 9.17) is 4.42 Å². The number of benzene rings is 1. The first-order valence-corrected chi connectivity index (χ1v) is 10.3. The molecule has 0 fully saturated rings. The number of furan rings is 1. The van der Waals surface area contributed by atoms with Crippen LogP contribution in [0.4, 0.5) is 5.69 Å². The highest BCUT2D eigenvalue weighted by molar-refractivity contribution is 9.10. The number of amides is 1. The van der Waals surface area contributed by atoms with Crippen LogP contribution in [0.1, 0.15) is 5.76 Å². The molecule has 29 heavy (non-hydrogen) atoms. The summed E-state index contributed by atoms with van der Waals surface area (Å²) in [7, 11) is 0. The van der Waals surface area contributed by atoms with Gasteiger partial charge in [0, 0.05) is 22.6 Å². The SMILES string of the molecule is O=C(CSc1nc2nccnc2c(=O)n1Cc1ccco1)Nc1ccc(Br)cc1. The number of thioether (sulfide) groups is 1. The standard InChI is InChI=1S/C19H14BrN5O3S/c20-12-3-5-13(6-4-12)23-15(26)11-29-19-24-17-16(21-7-8-22-17)18(27)25(19)10-14-2-1-9-28-14/h1-9H,10-11H2,(H,23,26). The minimum atomic E-state index is -0.338. The van der Waals surface area contributed by atoms with Crippen LogP contribution in [0.25, 0.3) is 11.2 Å². The number of carbonyl (C=O) groups is 1. The number of nitrogens with one attached hydrogen (secondary N) is 1. The van der Waals surface area contributed by atoms with Gasteiger partial charge in [0.15, 0.2) is 16.3 Å². The van der Waals surface area contributed by atoms with Gasteiger partial charge in [0.1, 0.15) is 5.76 Å². The average molecular weight is 472 g/mol. The van der Waals surface area contributed by atoms with Crippen LogP contribution in [0.2, 0.25) is 0 Å². The van der Waals surface area contributed by atoms with Crippen LogP contribution in [0.5, 0.6) is 0 Å². The quantitative estimate of drug-likeness (QED) is 0.339. The second kappa shape index (κ2) is 8.58. The van der Waals surface area contributed by atoms with Crippen LogP contribution in [0.15, 0.2) is 73.9 Å². The van der Waals surface area contributed by atoms with E-state index in [2.05, 4.69) is 36.2 Å². The summed E-state index contributed by atoms with van der Waals surface area (Å²) in [4.78, 5) is 37.9. The molecule has 0 aliphatic carbocycles. The zero-order chi connectivity index (χ0) is 20.2. The number of hydrogen-bond donors (Lipinski definition) is 1. The van der Waals surface area contributed by atoms with Crippen molar-refractivity contribution in [2.75, 3.05) is 11.1 Å². The van der Waals surface area contributed by atoms with Crippen molar-refractivity contribution in [2.45, 2.75) is 11.7 Å². The number of carbonyl (C=O) groups excluding carboxylic acids is 1. The van der Waals surface area contributed by atoms with Crippen molar-refractivity contribution < 1.29 is 9.21 Å². The Labute approximate surface area is 177 Å². The van der Waals surface area contributed by atoms with E-state index < -0.39 is 0 Å². The molecule has 8 nitrogen and oxygen atoms in total. The number of fused-ring (bicyclic) bond motifs is 1. The molecule has 10 heteroatoms. The van der Waals surface area contributed by atoms with Crippen LogP contribution in [-0.2, 0) is 11.3 Å². The molecular weight excluding hydrogens is 458 g/mol. The second-order valence-electron chi connectivity index (χ2n) is 5.94. The Hall–Kier alpha value is -2.98. The third-order valence-corrected chi connectivity index (χ3v) is 5.42. The molecule has 0 atom stereocenters. The molecule has 3 aromatic heterocycles. The summed E-state index contributed by atoms with van der Waals surface area (Å²) in [5.74, 6) is 0.459. The molecule has 3 heterocycles. The molecule has 146 valence electrons. The average Bonchev–Trinajstić information content (AvgIpc) is 3.24. The summed E-state index contributed by atoms with van der Waals surface area (Å²) in [6.45, 7) is 0.183. The Morgan fingerprint density at radius 2 is 1.97 bits per heavy atom. The van der Waals surface area contributed by atoms with Gasteiger partial charge in [-0.3, -0.25) is 14.2 Å². The molecule has 1 amide bonds. The number of anilines is 1. The maximum atomic E-state index is 12.9. The lowest BCUT2D eigenvalue weighted by Crippen LogP contribution is -2.25. The minimum absolute atomic E-state index is 0.0758. The molecule has 4 aromatic rings. The fourth-order valence-corrected chi connectivity index (χ4v) is 3.65. The Morgan fingerprint density at radius 1 is 1.17 bits per heavy atom. The Bertz CT molecular complexity index is 1210. The minimum Gasteiger partial charge on any atom is -0.467 e. The van der Waals surface area contributed by atoms with Gasteiger partial charge in [-0.15, -0.1) is 0 Å². The molecule has 0 radical (unpaired) electrons. The third-order valence-electron chi connectivity index (χ3n) is 3.91. The monoisotopic (exact) mass is 471 g/mol. The molecule has 4 rings (SSSR count). The number of halogens is 1. The smallest absolute Gasteiger partial charge is 0.282 e. The first kappa shape index (κ1) is 19.3. The van der Waals surface area contributed by atoms with Crippen molar-refractivity contribution in [3.63, 3.8) is 0 Å². The van der Waals surface area contributed by atoms with Crippen molar-refractivity contribution in [1.82, 2.24) is 19.5 Å². The Balaban J connectivity index is 1.58. The van der Waals surface area contributed by atoms with Crippen molar-refractivity contribution >= 4 is 50.5 Å². The van der Waals surface area contributed by atoms with Gasteiger partial charge < -0.3 is 9.73 Å². The highest BCUT2D eigenvalue weighted by atomic mass is 79.9. The zero-order valence-corrected chi connectivity index (χ0v) is 17.3. The van der Waals surface area contributed by atoms with Gasteiger partial charge in [-0.25, -0.2) is 15.0 Å². The van der Waals surface area contributed by atoms with Crippen LogP contribution >= 0.6 is 27.7 Å². The van der Waals surface area contributed by atoms with Crippen LogP contribution < -0.4 is 10.9 Å². The molecule has 0 bridgehead atoms. The number of hydrogen-bond acceptors (Lipinski definition) is 7. The van der Waals surface area contributed by atoms with Crippen LogP contribution in [0, 0.1) is 0 Å². The van der Waals surface area contributed by atoms with E-state index >= 15 is 0 Å². The summed E-state index contributed by atoms with van der Waals surface area (Å²) >= 11 is 4.51. The van der Waals surface area contributed by atoms with E-state index in [1.807, 2.05) is 12.1 Å². The van der Waals surface area contributed by atoms with Crippen LogP contribution in [0.3, 0.4) is 0 Å². The van der Waals surface area contributed by atoms with Crippen molar-refractivity contribution in [2.24, 2.45) is 0 Å². The van der Waals surface area contributed by atoms with Crippen molar-refractivity contribution in [3.8, 4) is 0 Å². The number of aromatic nitrogens is 4. The molecule has 0 aliphatic heterocycles. The lowest BCUT2D eigenvalue weighted by Gasteiger charge is -2.11. The summed E-state index contributed by atoms with van der Waals surface area (Å²) in [6, 6.07) is 10.8. The van der Waals surface area contributed by atoms with E-state index in [1.54, 1.807) is 24.3 Å². The van der Waals surface area contributed by atoms with Crippen molar-refractivity contribution in [1.29, 1.82) is 0 Å². The Kier molecular flexibility index (Phi) is 5.72. The largest absolute Gasteiger partial charge is 0.467 e. The third kappa shape index (κ3) is 4.54. The van der Waals surface area contributed by atoms with Gasteiger partial charge in [-0.2, -0.15) is 0 Å². The van der Waals surface area contributed by atoms with Gasteiger partial charge in [0.2, 0.25) is 5.91 Å². The zero-order valence-electron chi connectivity index (χ0n) is 14.9. The lowest BCUT2D eigenvalue weighted by atomic mass is 10.3. The summed E-state index contributed by atoms with van der Waals surface area (Å²) in [5.41, 5.74) is 0.756. The predicted molar refractivity (Wildman–Crippen MR) is 113 cm³/mol. The highest BCUT2D eigenvalue weighted by Crippen LogP contribution is 2.19. The molecule has 1 N–H and O–H groups in total. The first-order valence-electron chi connectivity index (χ1n) is 8.52. The highest BCUT2D eigenvalue weighted by Gasteiger charge is 2.16. The van der Waals surface area contributed by atoms with Gasteiger partial charge in [0.25, 0.3) is 5.56 Å². The van der Waals surface area contributed by atoms with Gasteiger partial charge >= 0.3 is 0 Å². The molecule has 0 saturated heterocycles. The maximum Gasteiger partial charge on any atom is 0.282 e. The molecular formula is C19H14BrN5O3S. The summed E-state index contributed by atoms with van der Waals surface area (Å²) in [5, 5.41) is 3.18. The summed E-state index contributed by atoms with van der Waals surface area (Å²) in [6.07, 6.45) is 4.45. The maximum absolute atomic E-state index is 12.9. The Morgan fingerprint density at radius 3 is 2.72 bits per heavy atom. The predicted octanol–water partition coefficient (Wildman–Crippen LogP) is 3.32. The van der Waals surface area contributed by atoms with E-state index in [9.17, 15) is 9.59 Å². The van der Waals surface area contributed by atoms with E-state index in [0.29, 0.717) is 16.6 Å². The summed E-state index contributed by atoms with van der Waals surface area (Å²) < 4.78 is 7.72. The molecule has 0 spiro atoms. The molecule has 0 unspecified atom stereocenters. The van der Waals surface area contributed by atoms with E-state index in [-0.39, 0.29) is 34.9 Å². The first-order chi connectivity index (χ1) is 14.1. The fraction of sp³-hybridized carbons (Fsp3) is 0.105. The lowest BCUT2D eigenvalue weighted by molar-refractivity contribution is -0.113. The molecule has 0 saturated carbocycles. The van der Waals surface area contributed by atoms with Gasteiger partial charge in [0.05, 0.1) is 18.6 Å². The normalized spacial score (nSPS) is 10.9. The second-order valence-corrected chi connectivity index (χ2v) is 7.80. The molecule has 1 aromatic carbocycles. The van der Waals surface area contributed by atoms with Gasteiger partial charge in [-0.05, 0) is 36.4 Å². The fourth-order valence-electron chi connectivity index (χ4n) is 2.60. The van der Waals surface area contributed by atoms with E-state index in [1.165, 1.54) is 23.2 Å². The molecule has 0 aliphatic rings.